The zero-order chi connectivity index (χ0) is 40.6. The second-order valence-electron chi connectivity index (χ2n) is 16.5. The van der Waals surface area contributed by atoms with Crippen molar-refractivity contribution in [3.05, 3.63) is 42.0 Å². The van der Waals surface area contributed by atoms with Gasteiger partial charge in [0.05, 0.1) is 31.0 Å². The Bertz CT molecular complexity index is 2120. The number of methoxy groups -OCH3 is 1. The van der Waals surface area contributed by atoms with Gasteiger partial charge in [-0.3, -0.25) is 19.1 Å². The van der Waals surface area contributed by atoms with Crippen molar-refractivity contribution in [1.82, 2.24) is 25.2 Å². The number of carbonyl (C=O) groups is 4. The molecule has 3 saturated carbocycles. The van der Waals surface area contributed by atoms with E-state index in [1.54, 1.807) is 13.2 Å². The summed E-state index contributed by atoms with van der Waals surface area (Å²) < 4.78 is 52.4. The van der Waals surface area contributed by atoms with Gasteiger partial charge in [-0.25, -0.2) is 18.2 Å². The predicted octanol–water partition coefficient (Wildman–Crippen LogP) is 4.67. The summed E-state index contributed by atoms with van der Waals surface area (Å²) in [5.74, 6) is -0.844. The third-order valence-corrected chi connectivity index (χ3v) is 14.2. The smallest absolute Gasteiger partial charge is 0.408 e. The van der Waals surface area contributed by atoms with E-state index in [0.717, 1.165) is 31.2 Å². The monoisotopic (exact) mass is 819 g/mol. The maximum absolute atomic E-state index is 14.7. The fraction of sp³-hybridized carbons (Fsp3) is 0.595. The molecule has 1 aromatic heterocycles. The SMILES string of the molecule is CCOc1cc2c3cc(c(OC)cc3n1)C=CC[C@@H]1CCC[C@H]1OC(=O)N[C@H]1CCCCCC=C[C@@H]3C[C@@]3(C(=O)NS(=O)(=O)C3CC3)NC(=O)[C@@H]3C[C@H](CN3C1=O)O2. The highest BCUT2D eigenvalue weighted by atomic mass is 32.2. The van der Waals surface area contributed by atoms with E-state index in [1.165, 1.54) is 4.90 Å². The van der Waals surface area contributed by atoms with Crippen LogP contribution in [0.5, 0.6) is 17.4 Å². The van der Waals surface area contributed by atoms with Crippen LogP contribution in [0.2, 0.25) is 0 Å². The Hall–Kier alpha value is -4.86. The predicted molar refractivity (Wildman–Crippen MR) is 213 cm³/mol. The van der Waals surface area contributed by atoms with Gasteiger partial charge < -0.3 is 34.5 Å². The standard InChI is InChI=1S/C42H53N5O10S/c1-3-55-37-22-36-30-19-26(35(54-2)21-32(30)43-37)13-9-11-25-12-10-16-34(25)57-41(51)44-31-15-8-6-4-5-7-14-27-23-42(27,40(50)46-58(52,53)29-17-18-29)45-38(48)33-20-28(56-36)24-47(33)39(31)49/h7,9,13-14,19,21-22,25,27-29,31,33-34H,3-6,8,10-12,15-18,20,23-24H2,1-2H3,(H,44,51)(H,45,48)(H,46,50)/t25-,27-,28-,31+,33+,34-,42-/m1/s1. The van der Waals surface area contributed by atoms with Gasteiger partial charge in [-0.1, -0.05) is 37.1 Å². The first-order valence-electron chi connectivity index (χ1n) is 20.8. The molecule has 0 radical (unpaired) electrons. The van der Waals surface area contributed by atoms with Crippen LogP contribution in [0.1, 0.15) is 96.0 Å². The molecule has 4 fully saturated rings. The number of amides is 4. The quantitative estimate of drug-likeness (QED) is 0.343. The van der Waals surface area contributed by atoms with Crippen LogP contribution in [0, 0.1) is 11.8 Å². The molecule has 8 rings (SSSR count). The molecule has 312 valence electrons. The highest BCUT2D eigenvalue weighted by molar-refractivity contribution is 7.91. The summed E-state index contributed by atoms with van der Waals surface area (Å²) in [5, 5.41) is 5.84. The van der Waals surface area contributed by atoms with Crippen LogP contribution in [0.15, 0.2) is 36.4 Å². The molecule has 0 unspecified atom stereocenters. The average molecular weight is 820 g/mol. The Balaban J connectivity index is 1.18. The Labute approximate surface area is 338 Å². The second kappa shape index (κ2) is 16.4. The Kier molecular flexibility index (Phi) is 11.3. The lowest BCUT2D eigenvalue weighted by molar-refractivity contribution is -0.141. The number of benzene rings is 1. The Morgan fingerprint density at radius 1 is 1.03 bits per heavy atom. The number of hydrogen-bond donors (Lipinski definition) is 3. The maximum atomic E-state index is 14.7. The molecule has 1 saturated heterocycles. The number of aromatic nitrogens is 1. The first-order chi connectivity index (χ1) is 28.0. The van der Waals surface area contributed by atoms with Gasteiger partial charge in [0.1, 0.15) is 41.3 Å². The van der Waals surface area contributed by atoms with Crippen LogP contribution in [0.4, 0.5) is 4.79 Å². The molecule has 1 aromatic carbocycles. The van der Waals surface area contributed by atoms with Crippen molar-refractivity contribution in [2.24, 2.45) is 11.8 Å². The number of alkyl carbamates (subject to hydrolysis) is 1. The molecule has 4 heterocycles. The van der Waals surface area contributed by atoms with Crippen molar-refractivity contribution in [2.45, 2.75) is 125 Å². The summed E-state index contributed by atoms with van der Waals surface area (Å²) in [7, 11) is -2.31. The third kappa shape index (κ3) is 8.34. The highest BCUT2D eigenvalue weighted by Gasteiger charge is 2.62. The molecule has 5 bridgehead atoms. The number of rotatable bonds is 6. The van der Waals surface area contributed by atoms with Gasteiger partial charge in [-0.15, -0.1) is 0 Å². The molecule has 3 aliphatic carbocycles. The van der Waals surface area contributed by atoms with Gasteiger partial charge in [0.15, 0.2) is 0 Å². The summed E-state index contributed by atoms with van der Waals surface area (Å²) in [6.07, 6.45) is 13.8. The van der Waals surface area contributed by atoms with E-state index in [0.29, 0.717) is 79.8 Å². The highest BCUT2D eigenvalue weighted by Crippen LogP contribution is 2.46. The Morgan fingerprint density at radius 2 is 1.88 bits per heavy atom. The fourth-order valence-electron chi connectivity index (χ4n) is 8.98. The van der Waals surface area contributed by atoms with Crippen LogP contribution < -0.4 is 29.6 Å². The number of pyridine rings is 1. The largest absolute Gasteiger partial charge is 0.496 e. The molecule has 15 nitrogen and oxygen atoms in total. The van der Waals surface area contributed by atoms with Crippen LogP contribution >= 0.6 is 0 Å². The van der Waals surface area contributed by atoms with E-state index >= 15 is 0 Å². The van der Waals surface area contributed by atoms with Crippen LogP contribution in [0.25, 0.3) is 17.0 Å². The number of fused-ring (bicyclic) bond motifs is 5. The van der Waals surface area contributed by atoms with Gasteiger partial charge in [0.2, 0.25) is 27.7 Å². The summed E-state index contributed by atoms with van der Waals surface area (Å²) in [6.45, 7) is 2.20. The van der Waals surface area contributed by atoms with E-state index in [-0.39, 0.29) is 31.4 Å². The molecule has 3 aliphatic heterocycles. The number of allylic oxidation sites excluding steroid dienone is 2. The molecule has 3 N–H and O–H groups in total. The number of hydrogen-bond acceptors (Lipinski definition) is 11. The van der Waals surface area contributed by atoms with Crippen molar-refractivity contribution in [3.63, 3.8) is 0 Å². The molecule has 6 aliphatic rings. The van der Waals surface area contributed by atoms with Crippen molar-refractivity contribution in [3.8, 4) is 17.4 Å². The lowest BCUT2D eigenvalue weighted by Crippen LogP contribution is -2.58. The normalized spacial score (nSPS) is 30.4. The zero-order valence-corrected chi connectivity index (χ0v) is 33.9. The molecule has 4 amide bonds. The summed E-state index contributed by atoms with van der Waals surface area (Å²) in [4.78, 5) is 62.9. The molecular weight excluding hydrogens is 767 g/mol. The number of nitrogens with zero attached hydrogens (tertiary/aromatic N) is 2. The van der Waals surface area contributed by atoms with Gasteiger partial charge >= 0.3 is 6.09 Å². The minimum Gasteiger partial charge on any atom is -0.496 e. The van der Waals surface area contributed by atoms with Crippen LogP contribution in [-0.2, 0) is 29.1 Å². The number of nitrogens with one attached hydrogen (secondary N) is 3. The second-order valence-corrected chi connectivity index (χ2v) is 18.4. The summed E-state index contributed by atoms with van der Waals surface area (Å²) in [6, 6.07) is 3.35. The Morgan fingerprint density at radius 3 is 2.67 bits per heavy atom. The summed E-state index contributed by atoms with van der Waals surface area (Å²) >= 11 is 0. The zero-order valence-electron chi connectivity index (χ0n) is 33.1. The number of carbonyl (C=O) groups excluding carboxylic acids is 4. The lowest BCUT2D eigenvalue weighted by atomic mass is 10.00. The number of sulfonamides is 1. The van der Waals surface area contributed by atoms with Gasteiger partial charge in [-0.05, 0) is 83.1 Å². The van der Waals surface area contributed by atoms with Crippen molar-refractivity contribution in [2.75, 3.05) is 20.3 Å². The van der Waals surface area contributed by atoms with E-state index in [2.05, 4.69) is 21.4 Å². The first kappa shape index (κ1) is 39.9. The van der Waals surface area contributed by atoms with E-state index < -0.39 is 68.7 Å². The lowest BCUT2D eigenvalue weighted by Gasteiger charge is -2.30. The van der Waals surface area contributed by atoms with Gasteiger partial charge in [0.25, 0.3) is 5.91 Å². The molecule has 16 heteroatoms. The minimum atomic E-state index is -3.90. The summed E-state index contributed by atoms with van der Waals surface area (Å²) in [5.41, 5.74) is -0.150. The number of ether oxygens (including phenoxy) is 4. The van der Waals surface area contributed by atoms with Gasteiger partial charge in [-0.2, -0.15) is 0 Å². The topological polar surface area (TPSA) is 192 Å². The fourth-order valence-corrected chi connectivity index (χ4v) is 10.3. The third-order valence-electron chi connectivity index (χ3n) is 12.4. The first-order valence-corrected chi connectivity index (χ1v) is 22.3. The van der Waals surface area contributed by atoms with Crippen LogP contribution in [0.3, 0.4) is 0 Å². The molecule has 58 heavy (non-hydrogen) atoms. The molecule has 2 aromatic rings. The van der Waals surface area contributed by atoms with E-state index in [1.807, 2.05) is 37.3 Å². The van der Waals surface area contributed by atoms with Gasteiger partial charge in [0, 0.05) is 35.4 Å². The van der Waals surface area contributed by atoms with Crippen molar-refractivity contribution < 1.29 is 46.5 Å². The molecule has 7 atom stereocenters. The van der Waals surface area contributed by atoms with Crippen LogP contribution in [-0.4, -0.2) is 97.5 Å². The van der Waals surface area contributed by atoms with E-state index in [9.17, 15) is 27.6 Å². The van der Waals surface area contributed by atoms with Crippen molar-refractivity contribution >= 4 is 50.8 Å². The van der Waals surface area contributed by atoms with Crippen molar-refractivity contribution in [1.29, 1.82) is 0 Å². The maximum Gasteiger partial charge on any atom is 0.408 e. The minimum absolute atomic E-state index is 0.00979. The molecule has 0 spiro atoms. The van der Waals surface area contributed by atoms with E-state index in [4.69, 9.17) is 23.9 Å². The average Bonchev–Trinajstić information content (AvgIpc) is 4.08. The molecular formula is C42H53N5O10S.